The molecule has 0 amide bonds. The molecule has 176 valence electrons. The lowest BCUT2D eigenvalue weighted by Crippen LogP contribution is -2.12. The Kier molecular flexibility index (Phi) is 6.95. The van der Waals surface area contributed by atoms with Gasteiger partial charge < -0.3 is 9.80 Å². The van der Waals surface area contributed by atoms with E-state index >= 15 is 0 Å². The van der Waals surface area contributed by atoms with E-state index in [0.29, 0.717) is 0 Å². The summed E-state index contributed by atoms with van der Waals surface area (Å²) in [5.41, 5.74) is 9.20. The minimum absolute atomic E-state index is 1.11. The van der Waals surface area contributed by atoms with Gasteiger partial charge in [0.15, 0.2) is 0 Å². The first-order chi connectivity index (χ1) is 17.7. The van der Waals surface area contributed by atoms with Gasteiger partial charge in [0.25, 0.3) is 0 Å². The second-order valence-corrected chi connectivity index (χ2v) is 8.79. The largest absolute Gasteiger partial charge is 0.311 e. The predicted octanol–water partition coefficient (Wildman–Crippen LogP) is 9.97. The van der Waals surface area contributed by atoms with Gasteiger partial charge in [0.1, 0.15) is 0 Å². The summed E-state index contributed by atoms with van der Waals surface area (Å²) in [6, 6.07) is 47.2. The van der Waals surface area contributed by atoms with Crippen molar-refractivity contribution in [1.82, 2.24) is 0 Å². The van der Waals surface area contributed by atoms with E-state index in [4.69, 9.17) is 0 Å². The summed E-state index contributed by atoms with van der Waals surface area (Å²) in [4.78, 5) is 4.59. The zero-order valence-corrected chi connectivity index (χ0v) is 20.8. The molecule has 5 aromatic rings. The number of benzene rings is 5. The van der Waals surface area contributed by atoms with Crippen LogP contribution in [0.3, 0.4) is 0 Å². The van der Waals surface area contributed by atoms with E-state index in [9.17, 15) is 0 Å². The van der Waals surface area contributed by atoms with E-state index < -0.39 is 0 Å². The highest BCUT2D eigenvalue weighted by atomic mass is 15.2. The van der Waals surface area contributed by atoms with Gasteiger partial charge in [-0.2, -0.15) is 0 Å². The van der Waals surface area contributed by atoms with Crippen LogP contribution in [0, 0.1) is 6.92 Å². The Morgan fingerprint density at radius 3 is 1.14 bits per heavy atom. The molecular formula is C34H30N2. The summed E-state index contributed by atoms with van der Waals surface area (Å²) in [5, 5.41) is 0. The fourth-order valence-corrected chi connectivity index (χ4v) is 4.42. The predicted molar refractivity (Wildman–Crippen MR) is 155 cm³/mol. The maximum Gasteiger partial charge on any atom is 0.0463 e. The molecule has 0 aliphatic carbocycles. The van der Waals surface area contributed by atoms with Crippen LogP contribution in [0.2, 0.25) is 0 Å². The molecule has 0 heterocycles. The van der Waals surface area contributed by atoms with Gasteiger partial charge in [-0.05, 0) is 92.2 Å². The third kappa shape index (κ3) is 5.08. The topological polar surface area (TPSA) is 6.48 Å². The molecule has 0 N–H and O–H groups in total. The van der Waals surface area contributed by atoms with Crippen molar-refractivity contribution in [1.29, 1.82) is 0 Å². The number of hydrogen-bond acceptors (Lipinski definition) is 2. The molecule has 2 heteroatoms. The Balaban J connectivity index is 1.55. The third-order valence-corrected chi connectivity index (χ3v) is 6.20. The molecule has 5 rings (SSSR count). The van der Waals surface area contributed by atoms with Crippen LogP contribution in [0.5, 0.6) is 0 Å². The molecule has 0 unspecified atom stereocenters. The average molecular weight is 467 g/mol. The van der Waals surface area contributed by atoms with Crippen LogP contribution in [0.1, 0.15) is 18.1 Å². The molecule has 0 aliphatic rings. The summed E-state index contributed by atoms with van der Waals surface area (Å²) in [6.07, 6.45) is 4.18. The highest BCUT2D eigenvalue weighted by Crippen LogP contribution is 2.38. The summed E-state index contributed by atoms with van der Waals surface area (Å²) in [7, 11) is 0. The van der Waals surface area contributed by atoms with Gasteiger partial charge in [0, 0.05) is 34.1 Å². The summed E-state index contributed by atoms with van der Waals surface area (Å²) in [5.74, 6) is 0. The van der Waals surface area contributed by atoms with Crippen LogP contribution >= 0.6 is 0 Å². The van der Waals surface area contributed by atoms with Gasteiger partial charge in [-0.15, -0.1) is 0 Å². The van der Waals surface area contributed by atoms with Gasteiger partial charge in [-0.3, -0.25) is 0 Å². The Labute approximate surface area is 214 Å². The number of allylic oxidation sites excluding steroid dienone is 1. The minimum Gasteiger partial charge on any atom is -0.311 e. The third-order valence-electron chi connectivity index (χ3n) is 6.20. The van der Waals surface area contributed by atoms with Gasteiger partial charge in [0.2, 0.25) is 0 Å². The molecule has 0 spiro atoms. The lowest BCUT2D eigenvalue weighted by atomic mass is 10.1. The van der Waals surface area contributed by atoms with Crippen molar-refractivity contribution in [2.24, 2.45) is 0 Å². The van der Waals surface area contributed by atoms with Gasteiger partial charge in [-0.1, -0.05) is 78.4 Å². The highest BCUT2D eigenvalue weighted by molar-refractivity contribution is 5.81. The molecule has 0 radical (unpaired) electrons. The zero-order valence-electron chi connectivity index (χ0n) is 20.8. The van der Waals surface area contributed by atoms with E-state index in [-0.39, 0.29) is 0 Å². The van der Waals surface area contributed by atoms with Gasteiger partial charge >= 0.3 is 0 Å². The molecule has 0 saturated carbocycles. The second kappa shape index (κ2) is 10.8. The number of nitrogens with zero attached hydrogens (tertiary/aromatic N) is 2. The monoisotopic (exact) mass is 466 g/mol. The lowest BCUT2D eigenvalue weighted by Gasteiger charge is -2.28. The summed E-state index contributed by atoms with van der Waals surface area (Å²) in [6.45, 7) is 4.16. The number of para-hydroxylation sites is 2. The van der Waals surface area contributed by atoms with Crippen LogP contribution in [0.25, 0.3) is 6.08 Å². The van der Waals surface area contributed by atoms with Crippen molar-refractivity contribution in [3.8, 4) is 0 Å². The normalized spacial score (nSPS) is 10.9. The van der Waals surface area contributed by atoms with E-state index in [1.807, 2.05) is 6.92 Å². The van der Waals surface area contributed by atoms with Gasteiger partial charge in [0.05, 0.1) is 0 Å². The molecule has 0 aliphatic heterocycles. The minimum atomic E-state index is 1.11. The SMILES string of the molecule is CC=Cc1ccc(N(c2ccccc2)c2ccc(N(c3ccccc3)c3ccc(C)cc3)cc2)cc1. The Hall–Kier alpha value is -4.56. The van der Waals surface area contributed by atoms with Crippen LogP contribution < -0.4 is 9.80 Å². The molecule has 0 fully saturated rings. The molecule has 0 saturated heterocycles. The van der Waals surface area contributed by atoms with Crippen LogP contribution in [-0.2, 0) is 0 Å². The zero-order chi connectivity index (χ0) is 24.7. The van der Waals surface area contributed by atoms with Crippen LogP contribution in [0.15, 0.2) is 140 Å². The molecule has 0 bridgehead atoms. The van der Waals surface area contributed by atoms with Crippen molar-refractivity contribution in [3.63, 3.8) is 0 Å². The molecule has 5 aromatic carbocycles. The lowest BCUT2D eigenvalue weighted by molar-refractivity contribution is 1.25. The van der Waals surface area contributed by atoms with E-state index in [2.05, 4.69) is 162 Å². The standard InChI is InChI=1S/C34H30N2/c1-3-10-28-17-21-32(22-18-28)36(30-13-8-5-9-14-30)34-25-23-33(24-26-34)35(29-11-6-4-7-12-29)31-19-15-27(2)16-20-31/h3-26H,1-2H3. The molecule has 2 nitrogen and oxygen atoms in total. The quantitative estimate of drug-likeness (QED) is 0.235. The average Bonchev–Trinajstić information content (AvgIpc) is 2.93. The summed E-state index contributed by atoms with van der Waals surface area (Å²) >= 11 is 0. The van der Waals surface area contributed by atoms with Crippen LogP contribution in [-0.4, -0.2) is 0 Å². The fraction of sp³-hybridized carbons (Fsp3) is 0.0588. The smallest absolute Gasteiger partial charge is 0.0463 e. The maximum absolute atomic E-state index is 2.29. The van der Waals surface area contributed by atoms with Crippen molar-refractivity contribution < 1.29 is 0 Å². The summed E-state index contributed by atoms with van der Waals surface area (Å²) < 4.78 is 0. The molecular weight excluding hydrogens is 436 g/mol. The Bertz CT molecular complexity index is 1400. The molecule has 0 aromatic heterocycles. The molecule has 36 heavy (non-hydrogen) atoms. The van der Waals surface area contributed by atoms with E-state index in [1.54, 1.807) is 0 Å². The van der Waals surface area contributed by atoms with Gasteiger partial charge in [-0.25, -0.2) is 0 Å². The van der Waals surface area contributed by atoms with Crippen molar-refractivity contribution >= 4 is 40.2 Å². The Morgan fingerprint density at radius 2 is 0.750 bits per heavy atom. The number of aryl methyl sites for hydroxylation is 1. The van der Waals surface area contributed by atoms with Crippen molar-refractivity contribution in [2.75, 3.05) is 9.80 Å². The number of hydrogen-bond donors (Lipinski definition) is 0. The fourth-order valence-electron chi connectivity index (χ4n) is 4.42. The van der Waals surface area contributed by atoms with E-state index in [1.165, 1.54) is 11.1 Å². The second-order valence-electron chi connectivity index (χ2n) is 8.79. The van der Waals surface area contributed by atoms with Crippen molar-refractivity contribution in [3.05, 3.63) is 151 Å². The number of rotatable bonds is 7. The first kappa shape index (κ1) is 23.2. The van der Waals surface area contributed by atoms with Crippen LogP contribution in [0.4, 0.5) is 34.1 Å². The van der Waals surface area contributed by atoms with E-state index in [0.717, 1.165) is 34.1 Å². The first-order valence-electron chi connectivity index (χ1n) is 12.3. The maximum atomic E-state index is 2.29. The first-order valence-corrected chi connectivity index (χ1v) is 12.3. The number of anilines is 6. The Morgan fingerprint density at radius 1 is 0.417 bits per heavy atom. The van der Waals surface area contributed by atoms with Crippen molar-refractivity contribution in [2.45, 2.75) is 13.8 Å². The highest BCUT2D eigenvalue weighted by Gasteiger charge is 2.15. The molecule has 0 atom stereocenters.